The number of carbonyl (C=O) groups is 2. The predicted octanol–water partition coefficient (Wildman–Crippen LogP) is 2.10. The van der Waals surface area contributed by atoms with Crippen molar-refractivity contribution >= 4 is 11.9 Å². The van der Waals surface area contributed by atoms with Gasteiger partial charge in [-0.25, -0.2) is 0 Å². The first kappa shape index (κ1) is 13.1. The van der Waals surface area contributed by atoms with Crippen molar-refractivity contribution in [1.29, 1.82) is 0 Å². The molecule has 0 radical (unpaired) electrons. The number of hydrogen-bond acceptors (Lipinski definition) is 2. The van der Waals surface area contributed by atoms with Crippen LogP contribution in [-0.2, 0) is 9.59 Å². The Bertz CT molecular complexity index is 351. The van der Waals surface area contributed by atoms with Crippen LogP contribution < -0.4 is 5.32 Å². The van der Waals surface area contributed by atoms with Crippen molar-refractivity contribution in [1.82, 2.24) is 5.32 Å². The van der Waals surface area contributed by atoms with Crippen LogP contribution in [0.5, 0.6) is 0 Å². The highest BCUT2D eigenvalue weighted by Gasteiger charge is 2.32. The Hall–Kier alpha value is -1.32. The predicted molar refractivity (Wildman–Crippen MR) is 68.0 cm³/mol. The third-order valence-electron chi connectivity index (χ3n) is 3.99. The maximum atomic E-state index is 11.9. The van der Waals surface area contributed by atoms with E-state index in [4.69, 9.17) is 5.11 Å². The molecule has 1 fully saturated rings. The number of allylic oxidation sites excluding steroid dienone is 2. The molecular weight excluding hydrogens is 230 g/mol. The first-order chi connectivity index (χ1) is 8.66. The zero-order valence-electron chi connectivity index (χ0n) is 10.6. The van der Waals surface area contributed by atoms with Crippen molar-refractivity contribution in [2.45, 2.75) is 51.0 Å². The lowest BCUT2D eigenvalue weighted by molar-refractivity contribution is -0.144. The van der Waals surface area contributed by atoms with Crippen molar-refractivity contribution in [2.24, 2.45) is 11.8 Å². The van der Waals surface area contributed by atoms with E-state index in [1.807, 2.05) is 0 Å². The third kappa shape index (κ3) is 3.34. The van der Waals surface area contributed by atoms with Crippen molar-refractivity contribution in [3.8, 4) is 0 Å². The van der Waals surface area contributed by atoms with Crippen LogP contribution in [0.2, 0.25) is 0 Å². The summed E-state index contributed by atoms with van der Waals surface area (Å²) < 4.78 is 0. The molecule has 3 atom stereocenters. The molecule has 2 aliphatic rings. The lowest BCUT2D eigenvalue weighted by Gasteiger charge is -2.29. The van der Waals surface area contributed by atoms with Gasteiger partial charge in [0.1, 0.15) is 0 Å². The molecule has 2 rings (SSSR count). The third-order valence-corrected chi connectivity index (χ3v) is 3.99. The zero-order valence-corrected chi connectivity index (χ0v) is 10.6. The van der Waals surface area contributed by atoms with Gasteiger partial charge in [0, 0.05) is 12.5 Å². The molecule has 18 heavy (non-hydrogen) atoms. The second-order valence-corrected chi connectivity index (χ2v) is 5.37. The Balaban J connectivity index is 1.84. The number of aliphatic carboxylic acids is 1. The molecule has 0 bridgehead atoms. The number of hydrogen-bond donors (Lipinski definition) is 2. The Morgan fingerprint density at radius 1 is 1.22 bits per heavy atom. The van der Waals surface area contributed by atoms with Crippen LogP contribution in [0.3, 0.4) is 0 Å². The molecule has 1 amide bonds. The zero-order chi connectivity index (χ0) is 13.0. The molecule has 0 aromatic heterocycles. The highest BCUT2D eigenvalue weighted by atomic mass is 16.4. The largest absolute Gasteiger partial charge is 0.481 e. The summed E-state index contributed by atoms with van der Waals surface area (Å²) in [6, 6.07) is -0.172. The molecule has 0 aliphatic heterocycles. The number of carboxylic acids is 1. The summed E-state index contributed by atoms with van der Waals surface area (Å²) in [5.74, 6) is -0.829. The minimum absolute atomic E-state index is 0.00435. The second kappa shape index (κ2) is 6.03. The van der Waals surface area contributed by atoms with E-state index in [9.17, 15) is 9.59 Å². The molecule has 0 aromatic carbocycles. The normalized spacial score (nSPS) is 31.2. The number of carbonyl (C=O) groups excluding carboxylic acids is 1. The molecule has 0 aromatic rings. The van der Waals surface area contributed by atoms with Crippen molar-refractivity contribution < 1.29 is 14.7 Å². The Morgan fingerprint density at radius 3 is 2.67 bits per heavy atom. The fourth-order valence-corrected chi connectivity index (χ4v) is 2.97. The molecule has 2 N–H and O–H groups in total. The Kier molecular flexibility index (Phi) is 4.39. The summed E-state index contributed by atoms with van der Waals surface area (Å²) in [6.07, 6.45) is 10.2. The smallest absolute Gasteiger partial charge is 0.308 e. The second-order valence-electron chi connectivity index (χ2n) is 5.37. The minimum Gasteiger partial charge on any atom is -0.481 e. The molecule has 4 nitrogen and oxygen atoms in total. The number of nitrogens with one attached hydrogen (secondary N) is 1. The van der Waals surface area contributed by atoms with Gasteiger partial charge in [0.15, 0.2) is 0 Å². The summed E-state index contributed by atoms with van der Waals surface area (Å²) in [5.41, 5.74) is 0. The highest BCUT2D eigenvalue weighted by Crippen LogP contribution is 2.25. The first-order valence-corrected chi connectivity index (χ1v) is 6.85. The number of carboxylic acid groups (broad SMARTS) is 1. The first-order valence-electron chi connectivity index (χ1n) is 6.85. The quantitative estimate of drug-likeness (QED) is 0.752. The molecule has 100 valence electrons. The number of amides is 1. The van der Waals surface area contributed by atoms with E-state index in [1.54, 1.807) is 0 Å². The van der Waals surface area contributed by atoms with Crippen LogP contribution in [0, 0.1) is 11.8 Å². The summed E-state index contributed by atoms with van der Waals surface area (Å²) in [5, 5.41) is 12.1. The van der Waals surface area contributed by atoms with Crippen LogP contribution in [0.15, 0.2) is 12.2 Å². The van der Waals surface area contributed by atoms with Gasteiger partial charge in [0.25, 0.3) is 0 Å². The van der Waals surface area contributed by atoms with Gasteiger partial charge >= 0.3 is 5.97 Å². The fraction of sp³-hybridized carbons (Fsp3) is 0.714. The molecule has 3 unspecified atom stereocenters. The SMILES string of the molecule is O=C(CC1C=CCC1)NC1CCCCC1C(=O)O. The Morgan fingerprint density at radius 2 is 2.00 bits per heavy atom. The molecule has 1 saturated carbocycles. The monoisotopic (exact) mass is 251 g/mol. The lowest BCUT2D eigenvalue weighted by Crippen LogP contribution is -2.45. The van der Waals surface area contributed by atoms with Gasteiger partial charge in [-0.3, -0.25) is 9.59 Å². The van der Waals surface area contributed by atoms with E-state index in [2.05, 4.69) is 17.5 Å². The van der Waals surface area contributed by atoms with Crippen LogP contribution in [0.4, 0.5) is 0 Å². The summed E-state index contributed by atoms with van der Waals surface area (Å²) >= 11 is 0. The van der Waals surface area contributed by atoms with Gasteiger partial charge in [-0.05, 0) is 31.6 Å². The van der Waals surface area contributed by atoms with E-state index in [0.717, 1.165) is 32.1 Å². The topological polar surface area (TPSA) is 66.4 Å². The Labute approximate surface area is 107 Å². The van der Waals surface area contributed by atoms with E-state index in [-0.39, 0.29) is 11.9 Å². The van der Waals surface area contributed by atoms with Gasteiger partial charge in [-0.1, -0.05) is 25.0 Å². The van der Waals surface area contributed by atoms with Crippen LogP contribution >= 0.6 is 0 Å². The summed E-state index contributed by atoms with van der Waals surface area (Å²) in [4.78, 5) is 23.0. The minimum atomic E-state index is -0.777. The summed E-state index contributed by atoms with van der Waals surface area (Å²) in [7, 11) is 0. The van der Waals surface area contributed by atoms with E-state index in [0.29, 0.717) is 18.8 Å². The van der Waals surface area contributed by atoms with Crippen molar-refractivity contribution in [2.75, 3.05) is 0 Å². The lowest BCUT2D eigenvalue weighted by atomic mass is 9.84. The maximum Gasteiger partial charge on any atom is 0.308 e. The number of rotatable bonds is 4. The molecule has 2 aliphatic carbocycles. The van der Waals surface area contributed by atoms with Crippen LogP contribution in [0.25, 0.3) is 0 Å². The van der Waals surface area contributed by atoms with E-state index < -0.39 is 11.9 Å². The van der Waals surface area contributed by atoms with E-state index >= 15 is 0 Å². The van der Waals surface area contributed by atoms with Crippen molar-refractivity contribution in [3.05, 3.63) is 12.2 Å². The molecular formula is C14H21NO3. The van der Waals surface area contributed by atoms with Gasteiger partial charge in [-0.2, -0.15) is 0 Å². The summed E-state index contributed by atoms with van der Waals surface area (Å²) in [6.45, 7) is 0. The van der Waals surface area contributed by atoms with Crippen LogP contribution in [-0.4, -0.2) is 23.0 Å². The van der Waals surface area contributed by atoms with Crippen molar-refractivity contribution in [3.63, 3.8) is 0 Å². The average Bonchev–Trinajstić information content (AvgIpc) is 2.82. The van der Waals surface area contributed by atoms with Gasteiger partial charge in [0.05, 0.1) is 5.92 Å². The van der Waals surface area contributed by atoms with Gasteiger partial charge in [0.2, 0.25) is 5.91 Å². The maximum absolute atomic E-state index is 11.9. The highest BCUT2D eigenvalue weighted by molar-refractivity contribution is 5.78. The van der Waals surface area contributed by atoms with Gasteiger partial charge < -0.3 is 10.4 Å². The molecule has 0 heterocycles. The van der Waals surface area contributed by atoms with E-state index in [1.165, 1.54) is 0 Å². The molecule has 0 saturated heterocycles. The molecule has 4 heteroatoms. The van der Waals surface area contributed by atoms with Gasteiger partial charge in [-0.15, -0.1) is 0 Å². The molecule has 0 spiro atoms. The standard InChI is InChI=1S/C14H21NO3/c16-13(9-10-5-1-2-6-10)15-12-8-4-3-7-11(12)14(17)18/h1,5,10-12H,2-4,6-9H2,(H,15,16)(H,17,18). The van der Waals surface area contributed by atoms with Crippen LogP contribution in [0.1, 0.15) is 44.9 Å². The average molecular weight is 251 g/mol. The fourth-order valence-electron chi connectivity index (χ4n) is 2.97.